The number of benzene rings is 2. The minimum Gasteiger partial charge on any atom is -0.372 e. The van der Waals surface area contributed by atoms with Gasteiger partial charge in [0.25, 0.3) is 5.91 Å². The number of nitrogens with zero attached hydrogens (tertiary/aromatic N) is 3. The van der Waals surface area contributed by atoms with Gasteiger partial charge in [0.1, 0.15) is 0 Å². The molecule has 1 saturated heterocycles. The lowest BCUT2D eigenvalue weighted by Gasteiger charge is -2.19. The van der Waals surface area contributed by atoms with Gasteiger partial charge in [0.15, 0.2) is 0 Å². The molecule has 1 N–H and O–H groups in total. The van der Waals surface area contributed by atoms with Crippen LogP contribution in [0.3, 0.4) is 0 Å². The molecule has 150 valence electrons. The van der Waals surface area contributed by atoms with E-state index in [4.69, 9.17) is 0 Å². The third-order valence-corrected chi connectivity index (χ3v) is 5.63. The number of amides is 1. The summed E-state index contributed by atoms with van der Waals surface area (Å²) in [7, 11) is 0. The summed E-state index contributed by atoms with van der Waals surface area (Å²) in [5.74, 6) is -0.0989. The van der Waals surface area contributed by atoms with Gasteiger partial charge in [-0.25, -0.2) is 0 Å². The molecule has 2 heterocycles. The molecule has 4 rings (SSSR count). The molecule has 0 bridgehead atoms. The van der Waals surface area contributed by atoms with E-state index < -0.39 is 0 Å². The molecule has 0 spiro atoms. The zero-order valence-corrected chi connectivity index (χ0v) is 17.2. The second kappa shape index (κ2) is 8.52. The Morgan fingerprint density at radius 3 is 2.55 bits per heavy atom. The average molecular weight is 389 g/mol. The average Bonchev–Trinajstić information content (AvgIpc) is 3.40. The molecule has 1 amide bonds. The summed E-state index contributed by atoms with van der Waals surface area (Å²) in [6.07, 6.45) is 4.95. The Morgan fingerprint density at radius 1 is 1.10 bits per heavy atom. The van der Waals surface area contributed by atoms with Crippen molar-refractivity contribution in [1.29, 1.82) is 0 Å². The first-order valence-corrected chi connectivity index (χ1v) is 10.4. The minimum absolute atomic E-state index is 0.0989. The largest absolute Gasteiger partial charge is 0.372 e. The Labute approximate surface area is 172 Å². The first-order valence-electron chi connectivity index (χ1n) is 10.4. The molecule has 29 heavy (non-hydrogen) atoms. The van der Waals surface area contributed by atoms with E-state index in [-0.39, 0.29) is 5.91 Å². The van der Waals surface area contributed by atoms with Crippen LogP contribution in [0.2, 0.25) is 0 Å². The second-order valence-corrected chi connectivity index (χ2v) is 7.65. The summed E-state index contributed by atoms with van der Waals surface area (Å²) in [4.78, 5) is 15.4. The molecule has 0 saturated carbocycles. The van der Waals surface area contributed by atoms with E-state index in [0.29, 0.717) is 12.1 Å². The second-order valence-electron chi connectivity index (χ2n) is 7.65. The molecule has 0 radical (unpaired) electrons. The third kappa shape index (κ3) is 4.19. The maximum Gasteiger partial charge on any atom is 0.259 e. The number of carbonyl (C=O) groups is 1. The number of hydrogen-bond acceptors (Lipinski definition) is 3. The van der Waals surface area contributed by atoms with Crippen molar-refractivity contribution in [1.82, 2.24) is 9.78 Å². The summed E-state index contributed by atoms with van der Waals surface area (Å²) in [5, 5.41) is 7.57. The molecule has 5 heteroatoms. The van der Waals surface area contributed by atoms with Gasteiger partial charge >= 0.3 is 0 Å². The van der Waals surface area contributed by atoms with Gasteiger partial charge in [0, 0.05) is 24.5 Å². The normalized spacial score (nSPS) is 13.7. The lowest BCUT2D eigenvalue weighted by molar-refractivity contribution is 0.102. The molecular weight excluding hydrogens is 360 g/mol. The van der Waals surface area contributed by atoms with E-state index in [1.54, 1.807) is 6.20 Å². The smallest absolute Gasteiger partial charge is 0.259 e. The van der Waals surface area contributed by atoms with E-state index in [1.807, 2.05) is 28.9 Å². The fraction of sp³-hybridized carbons (Fsp3) is 0.333. The number of hydrogen-bond donors (Lipinski definition) is 1. The lowest BCUT2D eigenvalue weighted by Crippen LogP contribution is -2.18. The first-order chi connectivity index (χ1) is 14.2. The summed E-state index contributed by atoms with van der Waals surface area (Å²) in [6.45, 7) is 7.01. The van der Waals surface area contributed by atoms with Crippen LogP contribution in [0.4, 0.5) is 11.4 Å². The van der Waals surface area contributed by atoms with E-state index in [0.717, 1.165) is 36.5 Å². The van der Waals surface area contributed by atoms with Crippen molar-refractivity contribution in [2.45, 2.75) is 39.7 Å². The standard InChI is InChI=1S/C24H28N4O/c1-3-23-21(16-25-28(23)17-19-9-5-4-6-10-19)24(29)26-22-12-11-20(15-18(22)2)27-13-7-8-14-27/h4-6,9-12,15-16H,3,7-8,13-14,17H2,1-2H3,(H,26,29). The van der Waals surface area contributed by atoms with Crippen LogP contribution in [0.1, 0.15) is 46.9 Å². The number of anilines is 2. The predicted molar refractivity (Wildman–Crippen MR) is 118 cm³/mol. The highest BCUT2D eigenvalue weighted by Gasteiger charge is 2.18. The van der Waals surface area contributed by atoms with Gasteiger partial charge < -0.3 is 10.2 Å². The monoisotopic (exact) mass is 388 g/mol. The van der Waals surface area contributed by atoms with Crippen molar-refractivity contribution in [3.05, 3.63) is 77.1 Å². The molecule has 0 atom stereocenters. The number of nitrogens with one attached hydrogen (secondary N) is 1. The molecule has 1 aliphatic heterocycles. The molecule has 1 fully saturated rings. The molecular formula is C24H28N4O. The van der Waals surface area contributed by atoms with Gasteiger partial charge in [-0.05, 0) is 55.5 Å². The van der Waals surface area contributed by atoms with E-state index in [1.165, 1.54) is 24.1 Å². The van der Waals surface area contributed by atoms with Gasteiger partial charge in [0.2, 0.25) is 0 Å². The highest BCUT2D eigenvalue weighted by molar-refractivity contribution is 6.05. The van der Waals surface area contributed by atoms with Crippen molar-refractivity contribution in [2.24, 2.45) is 0 Å². The summed E-state index contributed by atoms with van der Waals surface area (Å²) >= 11 is 0. The van der Waals surface area contributed by atoms with Crippen molar-refractivity contribution in [2.75, 3.05) is 23.3 Å². The molecule has 1 aliphatic rings. The van der Waals surface area contributed by atoms with Crippen LogP contribution < -0.4 is 10.2 Å². The van der Waals surface area contributed by atoms with Crippen LogP contribution in [0.15, 0.2) is 54.7 Å². The molecule has 2 aromatic carbocycles. The van der Waals surface area contributed by atoms with Crippen LogP contribution in [-0.2, 0) is 13.0 Å². The van der Waals surface area contributed by atoms with Gasteiger partial charge in [-0.2, -0.15) is 5.10 Å². The summed E-state index contributed by atoms with van der Waals surface area (Å²) in [6, 6.07) is 16.5. The minimum atomic E-state index is -0.0989. The van der Waals surface area contributed by atoms with Gasteiger partial charge in [-0.1, -0.05) is 37.3 Å². The molecule has 3 aromatic rings. The highest BCUT2D eigenvalue weighted by Crippen LogP contribution is 2.26. The maximum atomic E-state index is 13.0. The zero-order valence-electron chi connectivity index (χ0n) is 17.2. The fourth-order valence-corrected chi connectivity index (χ4v) is 4.02. The molecule has 0 unspecified atom stereocenters. The highest BCUT2D eigenvalue weighted by atomic mass is 16.1. The zero-order chi connectivity index (χ0) is 20.2. The summed E-state index contributed by atoms with van der Waals surface area (Å²) in [5.41, 5.74) is 5.95. The van der Waals surface area contributed by atoms with Crippen LogP contribution >= 0.6 is 0 Å². The van der Waals surface area contributed by atoms with Crippen molar-refractivity contribution < 1.29 is 4.79 Å². The van der Waals surface area contributed by atoms with Crippen LogP contribution in [-0.4, -0.2) is 28.8 Å². The Kier molecular flexibility index (Phi) is 5.65. The van der Waals surface area contributed by atoms with Crippen LogP contribution in [0, 0.1) is 6.92 Å². The SMILES string of the molecule is CCc1c(C(=O)Nc2ccc(N3CCCC3)cc2C)cnn1Cc1ccccc1. The number of carbonyl (C=O) groups excluding carboxylic acids is 1. The van der Waals surface area contributed by atoms with E-state index >= 15 is 0 Å². The van der Waals surface area contributed by atoms with Crippen molar-refractivity contribution in [3.8, 4) is 0 Å². The lowest BCUT2D eigenvalue weighted by atomic mass is 10.1. The molecule has 0 aliphatic carbocycles. The van der Waals surface area contributed by atoms with Gasteiger partial charge in [-0.3, -0.25) is 9.48 Å². The maximum absolute atomic E-state index is 13.0. The Morgan fingerprint density at radius 2 is 1.86 bits per heavy atom. The van der Waals surface area contributed by atoms with Crippen LogP contribution in [0.25, 0.3) is 0 Å². The quantitative estimate of drug-likeness (QED) is 0.668. The molecule has 5 nitrogen and oxygen atoms in total. The van der Waals surface area contributed by atoms with Crippen molar-refractivity contribution >= 4 is 17.3 Å². The van der Waals surface area contributed by atoms with Gasteiger partial charge in [-0.15, -0.1) is 0 Å². The van der Waals surface area contributed by atoms with E-state index in [2.05, 4.69) is 53.4 Å². The van der Waals surface area contributed by atoms with Gasteiger partial charge in [0.05, 0.1) is 24.0 Å². The number of rotatable bonds is 6. The Bertz CT molecular complexity index is 987. The topological polar surface area (TPSA) is 50.2 Å². The fourth-order valence-electron chi connectivity index (χ4n) is 4.02. The van der Waals surface area contributed by atoms with E-state index in [9.17, 15) is 4.79 Å². The predicted octanol–water partition coefficient (Wildman–Crippen LogP) is 4.65. The summed E-state index contributed by atoms with van der Waals surface area (Å²) < 4.78 is 1.92. The Hall–Kier alpha value is -3.08. The third-order valence-electron chi connectivity index (χ3n) is 5.63. The number of aromatic nitrogens is 2. The Balaban J connectivity index is 1.51. The first kappa shape index (κ1) is 19.2. The van der Waals surface area contributed by atoms with Crippen LogP contribution in [0.5, 0.6) is 0 Å². The van der Waals surface area contributed by atoms with Crippen molar-refractivity contribution in [3.63, 3.8) is 0 Å². The molecule has 1 aromatic heterocycles. The number of aryl methyl sites for hydroxylation is 1.